The Kier molecular flexibility index (Phi) is 3.01. The maximum atomic E-state index is 11.3. The van der Waals surface area contributed by atoms with Crippen molar-refractivity contribution in [2.45, 2.75) is 13.0 Å². The van der Waals surface area contributed by atoms with Gasteiger partial charge in [0.05, 0.1) is 4.92 Å². The van der Waals surface area contributed by atoms with Crippen molar-refractivity contribution in [2.24, 2.45) is 11.8 Å². The van der Waals surface area contributed by atoms with E-state index in [1.54, 1.807) is 11.8 Å². The molecule has 2 heterocycles. The summed E-state index contributed by atoms with van der Waals surface area (Å²) < 4.78 is 0. The molecule has 1 saturated carbocycles. The topological polar surface area (TPSA) is 88.4 Å². The minimum Gasteiger partial charge on any atom is -0.361 e. The van der Waals surface area contributed by atoms with Crippen molar-refractivity contribution >= 4 is 29.0 Å². The first-order chi connectivity index (χ1) is 9.47. The van der Waals surface area contributed by atoms with Crippen molar-refractivity contribution in [2.75, 3.05) is 18.4 Å². The molecule has 2 fully saturated rings. The summed E-state index contributed by atoms with van der Waals surface area (Å²) in [6, 6.07) is 2.88. The molecule has 1 aromatic rings. The summed E-state index contributed by atoms with van der Waals surface area (Å²) in [4.78, 5) is 27.5. The molecule has 20 heavy (non-hydrogen) atoms. The number of nitrogens with zero attached hydrogens (tertiary/aromatic N) is 3. The van der Waals surface area contributed by atoms with E-state index in [4.69, 9.17) is 11.6 Å². The highest BCUT2D eigenvalue weighted by Gasteiger charge is 2.56. The van der Waals surface area contributed by atoms with Gasteiger partial charge in [-0.25, -0.2) is 4.98 Å². The summed E-state index contributed by atoms with van der Waals surface area (Å²) in [5, 5.41) is 14.3. The number of aromatic nitrogens is 1. The van der Waals surface area contributed by atoms with Gasteiger partial charge in [0.15, 0.2) is 0 Å². The molecule has 0 spiro atoms. The van der Waals surface area contributed by atoms with Crippen molar-refractivity contribution < 1.29 is 9.72 Å². The number of piperidine rings is 1. The second-order valence-corrected chi connectivity index (χ2v) is 5.57. The number of carbonyl (C=O) groups excluding carboxylic acids is 1. The largest absolute Gasteiger partial charge is 0.361 e. The molecule has 3 rings (SSSR count). The minimum atomic E-state index is -0.480. The number of anilines is 1. The molecule has 0 aromatic carbocycles. The van der Waals surface area contributed by atoms with E-state index >= 15 is 0 Å². The van der Waals surface area contributed by atoms with Crippen molar-refractivity contribution in [1.29, 1.82) is 0 Å². The minimum absolute atomic E-state index is 0.0720. The average Bonchev–Trinajstić information content (AvgIpc) is 2.84. The second kappa shape index (κ2) is 4.59. The Morgan fingerprint density at radius 1 is 1.50 bits per heavy atom. The van der Waals surface area contributed by atoms with Crippen LogP contribution in [0.2, 0.25) is 5.15 Å². The Hall–Kier alpha value is -1.89. The lowest BCUT2D eigenvalue weighted by molar-refractivity contribution is -0.384. The van der Waals surface area contributed by atoms with E-state index in [1.807, 2.05) is 0 Å². The third-order valence-corrected chi connectivity index (χ3v) is 4.19. The molecule has 1 aliphatic carbocycles. The second-order valence-electron chi connectivity index (χ2n) is 5.18. The van der Waals surface area contributed by atoms with Crippen LogP contribution in [0.15, 0.2) is 12.1 Å². The molecule has 8 heteroatoms. The predicted octanol–water partition coefficient (Wildman–Crippen LogP) is 1.53. The van der Waals surface area contributed by atoms with Crippen molar-refractivity contribution in [3.63, 3.8) is 0 Å². The number of amides is 1. The van der Waals surface area contributed by atoms with Gasteiger partial charge in [0.25, 0.3) is 0 Å². The van der Waals surface area contributed by atoms with E-state index in [0.717, 1.165) is 0 Å². The van der Waals surface area contributed by atoms with Crippen LogP contribution in [-0.2, 0) is 4.79 Å². The maximum absolute atomic E-state index is 11.3. The summed E-state index contributed by atoms with van der Waals surface area (Å²) in [5.41, 5.74) is -0.0807. The van der Waals surface area contributed by atoms with Crippen LogP contribution in [0.3, 0.4) is 0 Å². The fourth-order valence-corrected chi connectivity index (χ4v) is 2.98. The molecule has 0 bridgehead atoms. The lowest BCUT2D eigenvalue weighted by Gasteiger charge is -2.18. The van der Waals surface area contributed by atoms with Gasteiger partial charge in [0, 0.05) is 44.0 Å². The number of rotatable bonds is 3. The fraction of sp³-hybridized carbons (Fsp3) is 0.500. The first kappa shape index (κ1) is 13.1. The highest BCUT2D eigenvalue weighted by molar-refractivity contribution is 6.29. The summed E-state index contributed by atoms with van der Waals surface area (Å²) in [6.07, 6.45) is 0. The van der Waals surface area contributed by atoms with Crippen molar-refractivity contribution in [1.82, 2.24) is 9.88 Å². The summed E-state index contributed by atoms with van der Waals surface area (Å²) >= 11 is 5.78. The fourth-order valence-electron chi connectivity index (χ4n) is 2.84. The molecular formula is C12H13ClN4O3. The zero-order valence-electron chi connectivity index (χ0n) is 10.7. The Labute approximate surface area is 120 Å². The van der Waals surface area contributed by atoms with Crippen LogP contribution in [0.5, 0.6) is 0 Å². The molecule has 1 saturated heterocycles. The molecule has 1 aliphatic heterocycles. The zero-order valence-corrected chi connectivity index (χ0v) is 11.5. The van der Waals surface area contributed by atoms with Crippen LogP contribution in [0.1, 0.15) is 6.92 Å². The molecule has 3 atom stereocenters. The first-order valence-corrected chi connectivity index (χ1v) is 6.68. The van der Waals surface area contributed by atoms with E-state index < -0.39 is 4.92 Å². The molecule has 7 nitrogen and oxygen atoms in total. The zero-order chi connectivity index (χ0) is 14.4. The Morgan fingerprint density at radius 2 is 2.15 bits per heavy atom. The van der Waals surface area contributed by atoms with E-state index in [0.29, 0.717) is 24.9 Å². The van der Waals surface area contributed by atoms with Crippen LogP contribution >= 0.6 is 11.6 Å². The third-order valence-electron chi connectivity index (χ3n) is 3.98. The number of halogens is 1. The van der Waals surface area contributed by atoms with Crippen LogP contribution < -0.4 is 5.32 Å². The molecule has 1 aromatic heterocycles. The van der Waals surface area contributed by atoms with Crippen LogP contribution in [-0.4, -0.2) is 39.8 Å². The van der Waals surface area contributed by atoms with Gasteiger partial charge in [-0.05, 0) is 6.07 Å². The first-order valence-electron chi connectivity index (χ1n) is 6.30. The van der Waals surface area contributed by atoms with E-state index in [1.165, 1.54) is 12.1 Å². The van der Waals surface area contributed by atoms with Gasteiger partial charge < -0.3 is 10.2 Å². The Balaban J connectivity index is 1.71. The molecule has 1 amide bonds. The third kappa shape index (κ3) is 2.18. The number of hydrogen-bond acceptors (Lipinski definition) is 5. The number of hydrogen-bond donors (Lipinski definition) is 1. The summed E-state index contributed by atoms with van der Waals surface area (Å²) in [6.45, 7) is 2.95. The smallest absolute Gasteiger partial charge is 0.311 e. The van der Waals surface area contributed by atoms with Crippen LogP contribution in [0.4, 0.5) is 11.5 Å². The molecule has 0 radical (unpaired) electrons. The number of fused-ring (bicyclic) bond motifs is 1. The molecular weight excluding hydrogens is 284 g/mol. The van der Waals surface area contributed by atoms with E-state index in [2.05, 4.69) is 10.3 Å². The maximum Gasteiger partial charge on any atom is 0.311 e. The average molecular weight is 297 g/mol. The quantitative estimate of drug-likeness (QED) is 0.519. The number of likely N-dealkylation sites (tertiary alicyclic amines) is 1. The molecule has 1 unspecified atom stereocenters. The van der Waals surface area contributed by atoms with Crippen LogP contribution in [0, 0.1) is 22.0 Å². The Morgan fingerprint density at radius 3 is 2.70 bits per heavy atom. The van der Waals surface area contributed by atoms with Crippen molar-refractivity contribution in [3.05, 3.63) is 27.4 Å². The predicted molar refractivity (Wildman–Crippen MR) is 72.5 cm³/mol. The van der Waals surface area contributed by atoms with Gasteiger partial charge in [-0.3, -0.25) is 14.9 Å². The van der Waals surface area contributed by atoms with E-state index in [9.17, 15) is 14.9 Å². The number of carbonyl (C=O) groups is 1. The number of nitro groups is 1. The summed E-state index contributed by atoms with van der Waals surface area (Å²) in [7, 11) is 0. The standard InChI is InChI=1S/C12H13ClN4O3/c1-6(18)16-4-7-8(5-16)11(7)15-12-9(17(19)20)2-3-10(13)14-12/h2-3,7-8,11H,4-5H2,1H3,(H,14,15)/t7-,8+,11?. The van der Waals surface area contributed by atoms with Gasteiger partial charge in [0.1, 0.15) is 5.15 Å². The lowest BCUT2D eigenvalue weighted by Crippen LogP contribution is -2.31. The van der Waals surface area contributed by atoms with Gasteiger partial charge in [0.2, 0.25) is 11.7 Å². The van der Waals surface area contributed by atoms with Gasteiger partial charge in [-0.2, -0.15) is 0 Å². The van der Waals surface area contributed by atoms with Gasteiger partial charge in [-0.15, -0.1) is 0 Å². The number of nitrogens with one attached hydrogen (secondary N) is 1. The monoisotopic (exact) mass is 296 g/mol. The lowest BCUT2D eigenvalue weighted by atomic mass is 10.3. The SMILES string of the molecule is CC(=O)N1C[C@@H]2C(Nc3nc(Cl)ccc3[N+](=O)[O-])[C@@H]2C1. The molecule has 106 valence electrons. The van der Waals surface area contributed by atoms with Crippen LogP contribution in [0.25, 0.3) is 0 Å². The highest BCUT2D eigenvalue weighted by atomic mass is 35.5. The normalized spacial score (nSPS) is 27.1. The van der Waals surface area contributed by atoms with E-state index in [-0.39, 0.29) is 28.6 Å². The van der Waals surface area contributed by atoms with Gasteiger partial charge >= 0.3 is 5.69 Å². The number of pyridine rings is 1. The highest BCUT2D eigenvalue weighted by Crippen LogP contribution is 2.47. The van der Waals surface area contributed by atoms with Crippen molar-refractivity contribution in [3.8, 4) is 0 Å². The van der Waals surface area contributed by atoms with Gasteiger partial charge in [-0.1, -0.05) is 11.6 Å². The summed E-state index contributed by atoms with van der Waals surface area (Å²) in [5.74, 6) is 0.970. The molecule has 1 N–H and O–H groups in total. The molecule has 2 aliphatic rings. The Bertz CT molecular complexity index is 582.